The number of hydrogen-bond acceptors (Lipinski definition) is 9. The first-order valence-electron chi connectivity index (χ1n) is 12.4. The van der Waals surface area contributed by atoms with Gasteiger partial charge in [0.2, 0.25) is 0 Å². The molecule has 0 amide bonds. The maximum Gasteiger partial charge on any atom is 0.327 e. The summed E-state index contributed by atoms with van der Waals surface area (Å²) in [5, 5.41) is 13.0. The number of aromatic amines is 1. The molecule has 0 unspecified atom stereocenters. The predicted octanol–water partition coefficient (Wildman–Crippen LogP) is 3.25. The van der Waals surface area contributed by atoms with E-state index in [4.69, 9.17) is 14.2 Å². The molecule has 4 aromatic rings. The van der Waals surface area contributed by atoms with Crippen molar-refractivity contribution in [3.8, 4) is 11.5 Å². The van der Waals surface area contributed by atoms with E-state index in [0.717, 1.165) is 22.2 Å². The third kappa shape index (κ3) is 6.17. The summed E-state index contributed by atoms with van der Waals surface area (Å²) in [5.41, 5.74) is 2.16. The summed E-state index contributed by atoms with van der Waals surface area (Å²) >= 11 is 0. The lowest BCUT2D eigenvalue weighted by Gasteiger charge is -2.30. The molecule has 0 aliphatic carbocycles. The number of benzene rings is 2. The Hall–Kier alpha value is -4.25. The van der Waals surface area contributed by atoms with Gasteiger partial charge in [-0.15, -0.1) is 5.10 Å². The largest absolute Gasteiger partial charge is 0.497 e. The van der Waals surface area contributed by atoms with Gasteiger partial charge in [0.15, 0.2) is 5.82 Å². The van der Waals surface area contributed by atoms with Gasteiger partial charge in [0.25, 0.3) is 5.56 Å². The van der Waals surface area contributed by atoms with Crippen molar-refractivity contribution in [3.05, 3.63) is 75.8 Å². The Bertz CT molecular complexity index is 1430. The second-order valence-electron chi connectivity index (χ2n) is 8.75. The summed E-state index contributed by atoms with van der Waals surface area (Å²) < 4.78 is 17.2. The number of aromatic nitrogens is 5. The smallest absolute Gasteiger partial charge is 0.327 e. The summed E-state index contributed by atoms with van der Waals surface area (Å²) in [6.07, 6.45) is 0.638. The second-order valence-corrected chi connectivity index (χ2v) is 8.75. The Labute approximate surface area is 220 Å². The number of nitrogens with zero attached hydrogens (tertiary/aromatic N) is 5. The number of fused-ring (bicyclic) bond motifs is 1. The summed E-state index contributed by atoms with van der Waals surface area (Å²) in [6.45, 7) is 4.76. The number of carbonyl (C=O) groups is 1. The van der Waals surface area contributed by atoms with Gasteiger partial charge in [-0.05, 0) is 65.7 Å². The van der Waals surface area contributed by atoms with Gasteiger partial charge in [-0.1, -0.05) is 19.1 Å². The molecule has 0 radical (unpaired) electrons. The van der Waals surface area contributed by atoms with Crippen molar-refractivity contribution in [2.24, 2.45) is 0 Å². The van der Waals surface area contributed by atoms with Crippen molar-refractivity contribution in [1.29, 1.82) is 0 Å². The molecule has 0 saturated heterocycles. The van der Waals surface area contributed by atoms with Crippen LogP contribution in [0.15, 0.2) is 53.3 Å². The van der Waals surface area contributed by atoms with Crippen molar-refractivity contribution in [3.63, 3.8) is 0 Å². The van der Waals surface area contributed by atoms with Gasteiger partial charge in [0, 0.05) is 29.6 Å². The summed E-state index contributed by atoms with van der Waals surface area (Å²) in [5.74, 6) is 1.56. The van der Waals surface area contributed by atoms with Crippen molar-refractivity contribution < 1.29 is 19.0 Å². The van der Waals surface area contributed by atoms with Gasteiger partial charge in [0.1, 0.15) is 18.0 Å². The molecular formula is C27H32N6O5. The highest BCUT2D eigenvalue weighted by molar-refractivity contribution is 5.80. The van der Waals surface area contributed by atoms with Crippen molar-refractivity contribution in [2.45, 2.75) is 45.9 Å². The quantitative estimate of drug-likeness (QED) is 0.280. The number of tetrazole rings is 1. The molecule has 38 heavy (non-hydrogen) atoms. The number of rotatable bonds is 12. The van der Waals surface area contributed by atoms with Crippen LogP contribution in [0.25, 0.3) is 10.9 Å². The summed E-state index contributed by atoms with van der Waals surface area (Å²) in [6, 6.07) is 14.9. The van der Waals surface area contributed by atoms with Crippen molar-refractivity contribution in [1.82, 2.24) is 30.1 Å². The zero-order valence-corrected chi connectivity index (χ0v) is 22.0. The molecule has 0 aliphatic rings. The van der Waals surface area contributed by atoms with Crippen LogP contribution in [-0.2, 0) is 29.2 Å². The van der Waals surface area contributed by atoms with Crippen LogP contribution in [0, 0.1) is 0 Å². The molecule has 200 valence electrons. The van der Waals surface area contributed by atoms with Crippen LogP contribution in [-0.4, -0.2) is 56.9 Å². The zero-order chi connectivity index (χ0) is 27.1. The number of nitrogens with one attached hydrogen (secondary N) is 1. The highest BCUT2D eigenvalue weighted by Crippen LogP contribution is 2.27. The average Bonchev–Trinajstić information content (AvgIpc) is 3.37. The van der Waals surface area contributed by atoms with Crippen LogP contribution in [0.2, 0.25) is 0 Å². The molecule has 2 heterocycles. The monoisotopic (exact) mass is 520 g/mol. The molecule has 2 aromatic heterocycles. The molecule has 0 aliphatic heterocycles. The molecule has 1 atom stereocenters. The molecule has 11 heteroatoms. The molecule has 0 spiro atoms. The van der Waals surface area contributed by atoms with E-state index in [-0.39, 0.29) is 24.8 Å². The zero-order valence-electron chi connectivity index (χ0n) is 22.0. The van der Waals surface area contributed by atoms with E-state index < -0.39 is 5.97 Å². The number of H-pyrrole nitrogens is 1. The fourth-order valence-corrected chi connectivity index (χ4v) is 4.43. The van der Waals surface area contributed by atoms with Gasteiger partial charge in [-0.3, -0.25) is 14.5 Å². The van der Waals surface area contributed by atoms with E-state index in [2.05, 4.69) is 25.4 Å². The molecule has 2 aromatic carbocycles. The fourth-order valence-electron chi connectivity index (χ4n) is 4.43. The third-order valence-electron chi connectivity index (χ3n) is 6.32. The van der Waals surface area contributed by atoms with Crippen molar-refractivity contribution >= 4 is 16.9 Å². The number of esters is 1. The van der Waals surface area contributed by atoms with Gasteiger partial charge < -0.3 is 19.2 Å². The normalized spacial score (nSPS) is 12.0. The Morgan fingerprint density at radius 1 is 1.03 bits per heavy atom. The van der Waals surface area contributed by atoms with E-state index >= 15 is 0 Å². The van der Waals surface area contributed by atoms with E-state index in [9.17, 15) is 9.59 Å². The van der Waals surface area contributed by atoms with Gasteiger partial charge >= 0.3 is 5.97 Å². The average molecular weight is 521 g/mol. The van der Waals surface area contributed by atoms with Gasteiger partial charge in [-0.2, -0.15) is 0 Å². The Balaban J connectivity index is 1.72. The highest BCUT2D eigenvalue weighted by Gasteiger charge is 2.27. The minimum absolute atomic E-state index is 0.0978. The van der Waals surface area contributed by atoms with Crippen molar-refractivity contribution in [2.75, 3.05) is 20.8 Å². The molecule has 11 nitrogen and oxygen atoms in total. The predicted molar refractivity (Wildman–Crippen MR) is 141 cm³/mol. The highest BCUT2D eigenvalue weighted by atomic mass is 16.5. The van der Waals surface area contributed by atoms with Crippen LogP contribution in [0.5, 0.6) is 11.5 Å². The number of methoxy groups -OCH3 is 2. The third-order valence-corrected chi connectivity index (χ3v) is 6.32. The van der Waals surface area contributed by atoms with Gasteiger partial charge in [-0.25, -0.2) is 4.68 Å². The van der Waals surface area contributed by atoms with E-state index in [1.54, 1.807) is 21.1 Å². The van der Waals surface area contributed by atoms with Gasteiger partial charge in [0.05, 0.1) is 26.9 Å². The van der Waals surface area contributed by atoms with E-state index in [1.165, 1.54) is 4.68 Å². The van der Waals surface area contributed by atoms with Crippen LogP contribution in [0.3, 0.4) is 0 Å². The fraction of sp³-hybridized carbons (Fsp3) is 0.370. The topological polar surface area (TPSA) is 124 Å². The molecule has 1 N–H and O–H groups in total. The first kappa shape index (κ1) is 26.8. The maximum atomic E-state index is 13.1. The van der Waals surface area contributed by atoms with Crippen LogP contribution in [0.4, 0.5) is 0 Å². The Kier molecular flexibility index (Phi) is 8.70. The minimum atomic E-state index is -0.419. The standard InChI is InChI=1S/C27H32N6O5/c1-5-24(26-29-30-31-33(26)17-25(34)38-6-2)32(15-18-7-9-21(36-3)10-8-18)16-20-13-19-14-22(37-4)11-12-23(19)28-27(20)35/h7-14,24H,5-6,15-17H2,1-4H3,(H,28,35)/t24-/m1/s1. The lowest BCUT2D eigenvalue weighted by atomic mass is 10.1. The SMILES string of the molecule is CCOC(=O)Cn1nnnc1[C@@H](CC)N(Cc1ccc(OC)cc1)Cc1cc2cc(OC)ccc2[nH]c1=O. The lowest BCUT2D eigenvalue weighted by molar-refractivity contribution is -0.144. The van der Waals surface area contributed by atoms with E-state index in [1.807, 2.05) is 55.5 Å². The van der Waals surface area contributed by atoms with Crippen LogP contribution in [0.1, 0.15) is 43.3 Å². The number of pyridine rings is 1. The minimum Gasteiger partial charge on any atom is -0.497 e. The molecular weight excluding hydrogens is 488 g/mol. The summed E-state index contributed by atoms with van der Waals surface area (Å²) in [7, 11) is 3.23. The number of hydrogen-bond donors (Lipinski definition) is 1. The number of carbonyl (C=O) groups excluding carboxylic acids is 1. The molecule has 0 bridgehead atoms. The Morgan fingerprint density at radius 3 is 2.45 bits per heavy atom. The maximum absolute atomic E-state index is 13.1. The molecule has 4 rings (SSSR count). The first-order chi connectivity index (χ1) is 18.4. The summed E-state index contributed by atoms with van der Waals surface area (Å²) in [4.78, 5) is 30.4. The first-order valence-corrected chi connectivity index (χ1v) is 12.4. The van der Waals surface area contributed by atoms with Crippen LogP contribution >= 0.6 is 0 Å². The molecule has 0 saturated carbocycles. The van der Waals surface area contributed by atoms with Crippen LogP contribution < -0.4 is 15.0 Å². The Morgan fingerprint density at radius 2 is 1.76 bits per heavy atom. The number of ether oxygens (including phenoxy) is 3. The molecule has 0 fully saturated rings. The second kappa shape index (κ2) is 12.3. The lowest BCUT2D eigenvalue weighted by Crippen LogP contribution is -2.33. The van der Waals surface area contributed by atoms with E-state index in [0.29, 0.717) is 36.6 Å².